The lowest BCUT2D eigenvalue weighted by Gasteiger charge is -2.45. The van der Waals surface area contributed by atoms with Gasteiger partial charge in [0.1, 0.15) is 11.6 Å². The number of aliphatic carboxylic acids is 1. The highest BCUT2D eigenvalue weighted by Crippen LogP contribution is 2.28. The first-order valence-corrected chi connectivity index (χ1v) is 9.38. The van der Waals surface area contributed by atoms with Gasteiger partial charge in [0.25, 0.3) is 0 Å². The van der Waals surface area contributed by atoms with Gasteiger partial charge in [-0.25, -0.2) is 8.78 Å². The molecule has 1 aliphatic carbocycles. The number of rotatable bonds is 7. The van der Waals surface area contributed by atoms with Gasteiger partial charge in [0.2, 0.25) is 0 Å². The zero-order valence-corrected chi connectivity index (χ0v) is 15.1. The van der Waals surface area contributed by atoms with Crippen molar-refractivity contribution in [1.29, 1.82) is 0 Å². The Morgan fingerprint density at radius 3 is 2.54 bits per heavy atom. The molecule has 0 amide bonds. The predicted octanol–water partition coefficient (Wildman–Crippen LogP) is 2.46. The van der Waals surface area contributed by atoms with E-state index in [0.29, 0.717) is 23.8 Å². The van der Waals surface area contributed by atoms with E-state index < -0.39 is 17.6 Å². The van der Waals surface area contributed by atoms with Crippen LogP contribution in [0.4, 0.5) is 14.5 Å². The van der Waals surface area contributed by atoms with Crippen LogP contribution in [0.25, 0.3) is 0 Å². The summed E-state index contributed by atoms with van der Waals surface area (Å²) >= 11 is 0. The van der Waals surface area contributed by atoms with Gasteiger partial charge in [-0.15, -0.1) is 0 Å². The summed E-state index contributed by atoms with van der Waals surface area (Å²) in [6.45, 7) is 4.35. The van der Waals surface area contributed by atoms with Crippen molar-refractivity contribution in [3.8, 4) is 0 Å². The maximum absolute atomic E-state index is 13.9. The quantitative estimate of drug-likeness (QED) is 0.775. The molecule has 0 radical (unpaired) electrons. The Balaban J connectivity index is 1.42. The lowest BCUT2D eigenvalue weighted by molar-refractivity contribution is -0.139. The van der Waals surface area contributed by atoms with Crippen molar-refractivity contribution >= 4 is 11.7 Å². The summed E-state index contributed by atoms with van der Waals surface area (Å²) in [6, 6.07) is 4.93. The van der Waals surface area contributed by atoms with Crippen LogP contribution < -0.4 is 10.2 Å². The van der Waals surface area contributed by atoms with Crippen LogP contribution in [-0.4, -0.2) is 60.3 Å². The van der Waals surface area contributed by atoms with Crippen LogP contribution in [0.3, 0.4) is 0 Å². The normalized spacial score (nSPS) is 23.9. The van der Waals surface area contributed by atoms with E-state index in [1.807, 2.05) is 16.7 Å². The first-order chi connectivity index (χ1) is 12.5. The Kier molecular flexibility index (Phi) is 6.09. The summed E-state index contributed by atoms with van der Waals surface area (Å²) in [7, 11) is 0. The summed E-state index contributed by atoms with van der Waals surface area (Å²) < 4.78 is 26.9. The molecule has 3 rings (SSSR count). The smallest absolute Gasteiger partial charge is 0.317 e. The van der Waals surface area contributed by atoms with Crippen molar-refractivity contribution in [2.24, 2.45) is 0 Å². The molecule has 1 aromatic rings. The molecule has 2 N–H and O–H groups in total. The lowest BCUT2D eigenvalue weighted by Crippen LogP contribution is -2.57. The second-order valence-electron chi connectivity index (χ2n) is 7.30. The maximum atomic E-state index is 13.9. The van der Waals surface area contributed by atoms with E-state index >= 15 is 0 Å². The summed E-state index contributed by atoms with van der Waals surface area (Å²) in [4.78, 5) is 14.9. The van der Waals surface area contributed by atoms with Crippen LogP contribution in [0.15, 0.2) is 18.2 Å². The van der Waals surface area contributed by atoms with Crippen LogP contribution in [0, 0.1) is 11.6 Å². The molecule has 0 unspecified atom stereocenters. The van der Waals surface area contributed by atoms with Crippen molar-refractivity contribution < 1.29 is 18.7 Å². The minimum atomic E-state index is -0.774. The summed E-state index contributed by atoms with van der Waals surface area (Å²) in [6.07, 6.45) is 3.80. The zero-order chi connectivity index (χ0) is 18.7. The number of hydrogen-bond acceptors (Lipinski definition) is 4. The van der Waals surface area contributed by atoms with Crippen molar-refractivity contribution in [2.75, 3.05) is 31.1 Å². The molecule has 0 bridgehead atoms. The number of benzene rings is 1. The Morgan fingerprint density at radius 2 is 1.96 bits per heavy atom. The number of carbonyl (C=O) groups is 1. The molecule has 0 spiro atoms. The van der Waals surface area contributed by atoms with Gasteiger partial charge < -0.3 is 15.3 Å². The molecule has 1 heterocycles. The molecule has 1 saturated heterocycles. The van der Waals surface area contributed by atoms with Gasteiger partial charge in [-0.3, -0.25) is 9.69 Å². The molecule has 2 aliphatic rings. The van der Waals surface area contributed by atoms with Crippen molar-refractivity contribution in [1.82, 2.24) is 10.2 Å². The molecule has 2 fully saturated rings. The Hall–Kier alpha value is -1.73. The molecular formula is C19H27F2N3O2. The van der Waals surface area contributed by atoms with E-state index in [1.54, 1.807) is 0 Å². The Bertz CT molecular complexity index is 629. The topological polar surface area (TPSA) is 55.8 Å². The summed E-state index contributed by atoms with van der Waals surface area (Å²) in [5.41, 5.74) is 0.473. The first kappa shape index (κ1) is 19.0. The maximum Gasteiger partial charge on any atom is 0.317 e. The van der Waals surface area contributed by atoms with Gasteiger partial charge in [0.05, 0.1) is 12.2 Å². The number of likely N-dealkylation sites (N-methyl/N-ethyl adjacent to an activating group) is 1. The number of carboxylic acids is 1. The molecule has 1 aliphatic heterocycles. The van der Waals surface area contributed by atoms with Crippen molar-refractivity contribution in [3.05, 3.63) is 29.8 Å². The van der Waals surface area contributed by atoms with E-state index in [0.717, 1.165) is 51.4 Å². The SMILES string of the molecule is CCN(CC(=O)O)C1CC(NC2CCN(c3ccc(F)cc3F)CC2)C1. The lowest BCUT2D eigenvalue weighted by atomic mass is 9.84. The largest absolute Gasteiger partial charge is 0.480 e. The monoisotopic (exact) mass is 367 g/mol. The highest BCUT2D eigenvalue weighted by Gasteiger charge is 2.35. The molecular weight excluding hydrogens is 340 g/mol. The van der Waals surface area contributed by atoms with Crippen LogP contribution in [-0.2, 0) is 4.79 Å². The molecule has 5 nitrogen and oxygen atoms in total. The van der Waals surface area contributed by atoms with E-state index in [9.17, 15) is 13.6 Å². The predicted molar refractivity (Wildman–Crippen MR) is 96.4 cm³/mol. The zero-order valence-electron chi connectivity index (χ0n) is 15.1. The second kappa shape index (κ2) is 8.31. The second-order valence-corrected chi connectivity index (χ2v) is 7.30. The number of nitrogens with zero attached hydrogens (tertiary/aromatic N) is 2. The molecule has 0 atom stereocenters. The number of piperidine rings is 1. The Labute approximate surface area is 153 Å². The number of nitrogens with one attached hydrogen (secondary N) is 1. The van der Waals surface area contributed by atoms with Crippen LogP contribution in [0.5, 0.6) is 0 Å². The minimum Gasteiger partial charge on any atom is -0.480 e. The average molecular weight is 367 g/mol. The molecule has 26 heavy (non-hydrogen) atoms. The highest BCUT2D eigenvalue weighted by molar-refractivity contribution is 5.69. The van der Waals surface area contributed by atoms with Gasteiger partial charge >= 0.3 is 5.97 Å². The third-order valence-corrected chi connectivity index (χ3v) is 5.59. The van der Waals surface area contributed by atoms with Gasteiger partial charge in [-0.05, 0) is 44.4 Å². The molecule has 1 aromatic carbocycles. The number of hydrogen-bond donors (Lipinski definition) is 2. The highest BCUT2D eigenvalue weighted by atomic mass is 19.1. The third kappa shape index (κ3) is 4.51. The van der Waals surface area contributed by atoms with Gasteiger partial charge in [0.15, 0.2) is 0 Å². The molecule has 144 valence electrons. The molecule has 1 saturated carbocycles. The van der Waals surface area contributed by atoms with E-state index in [2.05, 4.69) is 5.32 Å². The summed E-state index contributed by atoms with van der Waals surface area (Å²) in [5.74, 6) is -1.83. The number of carboxylic acid groups (broad SMARTS) is 1. The first-order valence-electron chi connectivity index (χ1n) is 9.38. The van der Waals surface area contributed by atoms with Gasteiger partial charge in [-0.2, -0.15) is 0 Å². The fourth-order valence-electron chi connectivity index (χ4n) is 4.05. The fraction of sp³-hybridized carbons (Fsp3) is 0.632. The molecule has 0 aromatic heterocycles. The van der Waals surface area contributed by atoms with Gasteiger partial charge in [0, 0.05) is 37.3 Å². The number of halogens is 2. The molecule has 7 heteroatoms. The van der Waals surface area contributed by atoms with Gasteiger partial charge in [-0.1, -0.05) is 6.92 Å². The Morgan fingerprint density at radius 1 is 1.27 bits per heavy atom. The van der Waals surface area contributed by atoms with E-state index in [1.165, 1.54) is 12.1 Å². The third-order valence-electron chi connectivity index (χ3n) is 5.59. The van der Waals surface area contributed by atoms with E-state index in [-0.39, 0.29) is 6.54 Å². The number of anilines is 1. The van der Waals surface area contributed by atoms with E-state index in [4.69, 9.17) is 5.11 Å². The average Bonchev–Trinajstić information content (AvgIpc) is 2.56. The van der Waals surface area contributed by atoms with Crippen LogP contribution in [0.1, 0.15) is 32.6 Å². The minimum absolute atomic E-state index is 0.107. The van der Waals surface area contributed by atoms with Crippen molar-refractivity contribution in [3.63, 3.8) is 0 Å². The van der Waals surface area contributed by atoms with Crippen LogP contribution in [0.2, 0.25) is 0 Å². The standard InChI is InChI=1S/C19H27F2N3O2/c1-2-23(12-19(25)26)16-10-15(11-16)22-14-5-7-24(8-6-14)18-4-3-13(20)9-17(18)21/h3-4,9,14-16,22H,2,5-8,10-12H2,1H3,(H,25,26). The fourth-order valence-corrected chi connectivity index (χ4v) is 4.05. The van der Waals surface area contributed by atoms with Crippen LogP contribution >= 0.6 is 0 Å². The van der Waals surface area contributed by atoms with Crippen molar-refractivity contribution in [2.45, 2.75) is 50.7 Å². The summed E-state index contributed by atoms with van der Waals surface area (Å²) in [5, 5.41) is 12.6.